The molecule has 2 heterocycles. The fourth-order valence-electron chi connectivity index (χ4n) is 2.29. The summed E-state index contributed by atoms with van der Waals surface area (Å²) in [6.07, 6.45) is 1.91. The fraction of sp³-hybridized carbons (Fsp3) is 0.769. The minimum absolute atomic E-state index is 0.104. The maximum Gasteiger partial charge on any atom is 0.233 e. The molecule has 1 aliphatic rings. The lowest BCUT2D eigenvalue weighted by Gasteiger charge is -2.35. The zero-order valence-electron chi connectivity index (χ0n) is 12.4. The van der Waals surface area contributed by atoms with E-state index in [0.717, 1.165) is 5.16 Å². The maximum atomic E-state index is 12.3. The van der Waals surface area contributed by atoms with Crippen LogP contribution in [0.25, 0.3) is 0 Å². The summed E-state index contributed by atoms with van der Waals surface area (Å²) in [5.74, 6) is 0.528. The van der Waals surface area contributed by atoms with Gasteiger partial charge < -0.3 is 14.2 Å². The van der Waals surface area contributed by atoms with E-state index in [1.807, 2.05) is 23.3 Å². The van der Waals surface area contributed by atoms with Crippen LogP contribution in [0.3, 0.4) is 0 Å². The molecule has 20 heavy (non-hydrogen) atoms. The highest BCUT2D eigenvalue weighted by atomic mass is 32.2. The van der Waals surface area contributed by atoms with Crippen LogP contribution in [0, 0.1) is 0 Å². The van der Waals surface area contributed by atoms with Crippen LogP contribution in [0.2, 0.25) is 0 Å². The molecule has 0 spiro atoms. The standard InChI is InChI=1S/C13H22N4O2S/c1-9(2)17-8-14-15-13(17)20-7-12(18)16-5-10(3)19-11(4)6-16/h8-11H,5-7H2,1-4H3. The lowest BCUT2D eigenvalue weighted by Crippen LogP contribution is -2.48. The number of hydrogen-bond donors (Lipinski definition) is 0. The molecule has 0 N–H and O–H groups in total. The van der Waals surface area contributed by atoms with Gasteiger partial charge in [-0.3, -0.25) is 4.79 Å². The molecule has 1 fully saturated rings. The first-order valence-corrected chi connectivity index (χ1v) is 7.91. The number of amides is 1. The summed E-state index contributed by atoms with van der Waals surface area (Å²) in [7, 11) is 0. The number of morpholine rings is 1. The average molecular weight is 298 g/mol. The molecule has 0 radical (unpaired) electrons. The molecule has 2 atom stereocenters. The third-order valence-electron chi connectivity index (χ3n) is 3.19. The molecule has 2 unspecified atom stereocenters. The third kappa shape index (κ3) is 3.73. The number of rotatable bonds is 4. The molecule has 1 aromatic rings. The second-order valence-electron chi connectivity index (χ2n) is 5.46. The second-order valence-corrected chi connectivity index (χ2v) is 6.40. The molecule has 1 aliphatic heterocycles. The highest BCUT2D eigenvalue weighted by molar-refractivity contribution is 7.99. The predicted molar refractivity (Wildman–Crippen MR) is 77.7 cm³/mol. The Labute approximate surface area is 123 Å². The van der Waals surface area contributed by atoms with Crippen molar-refractivity contribution in [2.24, 2.45) is 0 Å². The second kappa shape index (κ2) is 6.58. The zero-order chi connectivity index (χ0) is 14.7. The van der Waals surface area contributed by atoms with Gasteiger partial charge in [-0.1, -0.05) is 11.8 Å². The topological polar surface area (TPSA) is 60.2 Å². The molecular weight excluding hydrogens is 276 g/mol. The zero-order valence-corrected chi connectivity index (χ0v) is 13.3. The Kier molecular flexibility index (Phi) is 5.04. The van der Waals surface area contributed by atoms with Crippen LogP contribution in [0.5, 0.6) is 0 Å². The molecule has 1 aromatic heterocycles. The highest BCUT2D eigenvalue weighted by Crippen LogP contribution is 2.20. The first-order valence-electron chi connectivity index (χ1n) is 6.93. The van der Waals surface area contributed by atoms with Gasteiger partial charge in [0, 0.05) is 19.1 Å². The van der Waals surface area contributed by atoms with Crippen LogP contribution in [0.4, 0.5) is 0 Å². The Morgan fingerprint density at radius 2 is 2.10 bits per heavy atom. The summed E-state index contributed by atoms with van der Waals surface area (Å²) in [5, 5.41) is 8.76. The third-order valence-corrected chi connectivity index (χ3v) is 4.14. The average Bonchev–Trinajstić information content (AvgIpc) is 2.83. The van der Waals surface area contributed by atoms with Gasteiger partial charge in [-0.2, -0.15) is 0 Å². The molecule has 2 rings (SSSR count). The number of ether oxygens (including phenoxy) is 1. The lowest BCUT2D eigenvalue weighted by atomic mass is 10.2. The van der Waals surface area contributed by atoms with Crippen LogP contribution in [-0.4, -0.2) is 56.6 Å². The first-order chi connectivity index (χ1) is 9.47. The largest absolute Gasteiger partial charge is 0.372 e. The molecule has 0 aromatic carbocycles. The van der Waals surface area contributed by atoms with Crippen molar-refractivity contribution in [3.8, 4) is 0 Å². The van der Waals surface area contributed by atoms with Crippen molar-refractivity contribution in [1.29, 1.82) is 0 Å². The number of carbonyl (C=O) groups excluding carboxylic acids is 1. The Bertz CT molecular complexity index is 453. The van der Waals surface area contributed by atoms with Gasteiger partial charge in [0.1, 0.15) is 6.33 Å². The number of nitrogens with zero attached hydrogens (tertiary/aromatic N) is 4. The molecule has 0 bridgehead atoms. The minimum atomic E-state index is 0.104. The van der Waals surface area contributed by atoms with Crippen LogP contribution in [0.15, 0.2) is 11.5 Å². The van der Waals surface area contributed by atoms with E-state index < -0.39 is 0 Å². The number of aromatic nitrogens is 3. The van der Waals surface area contributed by atoms with Gasteiger partial charge in [0.05, 0.1) is 18.0 Å². The Morgan fingerprint density at radius 1 is 1.45 bits per heavy atom. The van der Waals surface area contributed by atoms with Crippen molar-refractivity contribution in [2.75, 3.05) is 18.8 Å². The predicted octanol–water partition coefficient (Wildman–Crippen LogP) is 1.59. The summed E-state index contributed by atoms with van der Waals surface area (Å²) in [6, 6.07) is 0.297. The molecular formula is C13H22N4O2S. The van der Waals surface area contributed by atoms with Gasteiger partial charge in [-0.25, -0.2) is 0 Å². The summed E-state index contributed by atoms with van der Waals surface area (Å²) in [5.41, 5.74) is 0. The minimum Gasteiger partial charge on any atom is -0.372 e. The normalized spacial score (nSPS) is 23.4. The fourth-order valence-corrected chi connectivity index (χ4v) is 3.24. The molecule has 7 heteroatoms. The van der Waals surface area contributed by atoms with E-state index in [1.54, 1.807) is 6.33 Å². The van der Waals surface area contributed by atoms with E-state index in [0.29, 0.717) is 24.9 Å². The van der Waals surface area contributed by atoms with Crippen molar-refractivity contribution in [3.05, 3.63) is 6.33 Å². The number of hydrogen-bond acceptors (Lipinski definition) is 5. The molecule has 0 saturated carbocycles. The van der Waals surface area contributed by atoms with Crippen molar-refractivity contribution in [3.63, 3.8) is 0 Å². The first kappa shape index (κ1) is 15.3. The van der Waals surface area contributed by atoms with Gasteiger partial charge in [0.15, 0.2) is 5.16 Å². The summed E-state index contributed by atoms with van der Waals surface area (Å²) >= 11 is 1.44. The van der Waals surface area contributed by atoms with Gasteiger partial charge in [0.25, 0.3) is 0 Å². The molecule has 1 amide bonds. The summed E-state index contributed by atoms with van der Waals surface area (Å²) in [4.78, 5) is 14.1. The maximum absolute atomic E-state index is 12.3. The summed E-state index contributed by atoms with van der Waals surface area (Å²) < 4.78 is 7.62. The van der Waals surface area contributed by atoms with Crippen molar-refractivity contribution >= 4 is 17.7 Å². The number of carbonyl (C=O) groups is 1. The van der Waals surface area contributed by atoms with E-state index in [4.69, 9.17) is 4.74 Å². The van der Waals surface area contributed by atoms with Crippen LogP contribution in [0.1, 0.15) is 33.7 Å². The smallest absolute Gasteiger partial charge is 0.233 e. The Morgan fingerprint density at radius 3 is 2.70 bits per heavy atom. The Hall–Kier alpha value is -1.08. The van der Waals surface area contributed by atoms with Gasteiger partial charge in [-0.05, 0) is 27.7 Å². The van der Waals surface area contributed by atoms with Crippen molar-refractivity contribution < 1.29 is 9.53 Å². The molecule has 6 nitrogen and oxygen atoms in total. The van der Waals surface area contributed by atoms with Crippen molar-refractivity contribution in [1.82, 2.24) is 19.7 Å². The lowest BCUT2D eigenvalue weighted by molar-refractivity contribution is -0.140. The van der Waals surface area contributed by atoms with E-state index in [-0.39, 0.29) is 18.1 Å². The van der Waals surface area contributed by atoms with Crippen LogP contribution >= 0.6 is 11.8 Å². The van der Waals surface area contributed by atoms with Crippen molar-refractivity contribution in [2.45, 2.75) is 51.1 Å². The van der Waals surface area contributed by atoms with Gasteiger partial charge in [0.2, 0.25) is 5.91 Å². The monoisotopic (exact) mass is 298 g/mol. The van der Waals surface area contributed by atoms with E-state index in [2.05, 4.69) is 24.0 Å². The molecule has 1 saturated heterocycles. The highest BCUT2D eigenvalue weighted by Gasteiger charge is 2.26. The van der Waals surface area contributed by atoms with Crippen LogP contribution in [-0.2, 0) is 9.53 Å². The quantitative estimate of drug-likeness (QED) is 0.790. The van der Waals surface area contributed by atoms with E-state index >= 15 is 0 Å². The molecule has 112 valence electrons. The Balaban J connectivity index is 1.90. The van der Waals surface area contributed by atoms with E-state index in [1.165, 1.54) is 11.8 Å². The van der Waals surface area contributed by atoms with Gasteiger partial charge in [-0.15, -0.1) is 10.2 Å². The van der Waals surface area contributed by atoms with Crippen LogP contribution < -0.4 is 0 Å². The summed E-state index contributed by atoms with van der Waals surface area (Å²) in [6.45, 7) is 9.47. The SMILES string of the molecule is CC1CN(C(=O)CSc2nncn2C(C)C)CC(C)O1. The molecule has 0 aliphatic carbocycles. The van der Waals surface area contributed by atoms with Gasteiger partial charge >= 0.3 is 0 Å². The number of thioether (sulfide) groups is 1. The van der Waals surface area contributed by atoms with E-state index in [9.17, 15) is 4.79 Å².